The van der Waals surface area contributed by atoms with Gasteiger partial charge in [-0.3, -0.25) is 14.6 Å². The van der Waals surface area contributed by atoms with Crippen LogP contribution in [-0.4, -0.2) is 38.4 Å². The van der Waals surface area contributed by atoms with Crippen LogP contribution < -0.4 is 10.9 Å². The fourth-order valence-corrected chi connectivity index (χ4v) is 3.52. The van der Waals surface area contributed by atoms with Gasteiger partial charge in [-0.25, -0.2) is 4.39 Å². The van der Waals surface area contributed by atoms with E-state index >= 15 is 0 Å². The largest absolute Gasteiger partial charge is 0.394 e. The molecule has 0 bridgehead atoms. The Kier molecular flexibility index (Phi) is 7.10. The lowest BCUT2D eigenvalue weighted by Crippen LogP contribution is -2.42. The Balaban J connectivity index is 1.75. The highest BCUT2D eigenvalue weighted by atomic mass is 35.5. The number of carbonyl (C=O) groups excluding carboxylic acids is 1. The number of pyridine rings is 1. The molecule has 2 N–H and O–H groups in total. The van der Waals surface area contributed by atoms with Crippen LogP contribution in [0.5, 0.6) is 0 Å². The van der Waals surface area contributed by atoms with E-state index in [9.17, 15) is 19.1 Å². The monoisotopic (exact) mass is 478 g/mol. The summed E-state index contributed by atoms with van der Waals surface area (Å²) >= 11 is 5.98. The second-order valence-electron chi connectivity index (χ2n) is 7.53. The number of hydrogen-bond acceptors (Lipinski definition) is 5. The lowest BCUT2D eigenvalue weighted by molar-refractivity contribution is 0.0914. The fraction of sp³-hybridized carbons (Fsp3) is 0.120. The quantitative estimate of drug-likeness (QED) is 0.424. The van der Waals surface area contributed by atoms with E-state index in [4.69, 9.17) is 11.6 Å². The predicted octanol–water partition coefficient (Wildman–Crippen LogP) is 3.42. The second-order valence-corrected chi connectivity index (χ2v) is 7.96. The number of nitrogens with one attached hydrogen (secondary N) is 1. The lowest BCUT2D eigenvalue weighted by Gasteiger charge is -2.17. The van der Waals surface area contributed by atoms with Gasteiger partial charge in [0.25, 0.3) is 11.5 Å². The van der Waals surface area contributed by atoms with Gasteiger partial charge in [0.15, 0.2) is 0 Å². The molecule has 2 aromatic carbocycles. The van der Waals surface area contributed by atoms with Gasteiger partial charge in [0.2, 0.25) is 0 Å². The number of amides is 1. The number of rotatable bonds is 7. The molecule has 9 heteroatoms. The molecule has 2 aromatic heterocycles. The van der Waals surface area contributed by atoms with Gasteiger partial charge in [-0.05, 0) is 48.5 Å². The number of hydrogen-bond donors (Lipinski definition) is 2. The molecular formula is C25H20ClFN4O3. The number of aromatic nitrogens is 3. The second kappa shape index (κ2) is 10.4. The van der Waals surface area contributed by atoms with Crippen molar-refractivity contribution in [2.75, 3.05) is 6.61 Å². The van der Waals surface area contributed by atoms with Crippen LogP contribution in [0.15, 0.2) is 83.8 Å². The van der Waals surface area contributed by atoms with Gasteiger partial charge >= 0.3 is 0 Å². The summed E-state index contributed by atoms with van der Waals surface area (Å²) in [6.07, 6.45) is 1.89. The van der Waals surface area contributed by atoms with Gasteiger partial charge in [-0.15, -0.1) is 0 Å². The van der Waals surface area contributed by atoms with E-state index in [0.717, 1.165) is 10.7 Å². The molecule has 0 saturated carbocycles. The molecule has 0 saturated heterocycles. The molecule has 4 rings (SSSR count). The molecule has 7 nitrogen and oxygen atoms in total. The van der Waals surface area contributed by atoms with Gasteiger partial charge in [0, 0.05) is 28.9 Å². The maximum Gasteiger partial charge on any atom is 0.284 e. The average Bonchev–Trinajstić information content (AvgIpc) is 2.85. The Hall–Kier alpha value is -3.88. The molecule has 0 aliphatic carbocycles. The van der Waals surface area contributed by atoms with Gasteiger partial charge in [0.1, 0.15) is 11.4 Å². The first-order valence-corrected chi connectivity index (χ1v) is 10.8. The summed E-state index contributed by atoms with van der Waals surface area (Å²) in [4.78, 5) is 30.5. The van der Waals surface area contributed by atoms with Crippen LogP contribution in [0.2, 0.25) is 5.02 Å². The lowest BCUT2D eigenvalue weighted by atomic mass is 10.1. The van der Waals surface area contributed by atoms with Crippen LogP contribution in [0.3, 0.4) is 0 Å². The number of aliphatic hydroxyl groups excluding tert-OH is 1. The Morgan fingerprint density at radius 3 is 2.56 bits per heavy atom. The number of halogens is 2. The molecule has 1 atom stereocenters. The number of carbonyl (C=O) groups is 1. The van der Waals surface area contributed by atoms with Crippen molar-refractivity contribution < 1.29 is 14.3 Å². The van der Waals surface area contributed by atoms with E-state index in [-0.39, 0.29) is 24.3 Å². The summed E-state index contributed by atoms with van der Waals surface area (Å²) in [5.41, 5.74) is 0.837. The first-order chi connectivity index (χ1) is 16.4. The molecule has 172 valence electrons. The van der Waals surface area contributed by atoms with Crippen molar-refractivity contribution in [3.05, 3.63) is 111 Å². The van der Waals surface area contributed by atoms with E-state index in [1.54, 1.807) is 48.7 Å². The molecule has 0 spiro atoms. The molecule has 0 radical (unpaired) electrons. The number of aliphatic hydroxyl groups is 1. The van der Waals surface area contributed by atoms with Crippen LogP contribution >= 0.6 is 11.6 Å². The minimum Gasteiger partial charge on any atom is -0.394 e. The minimum absolute atomic E-state index is 0.169. The zero-order valence-corrected chi connectivity index (χ0v) is 18.6. The zero-order valence-electron chi connectivity index (χ0n) is 17.9. The zero-order chi connectivity index (χ0) is 24.1. The SMILES string of the molecule is O=C(NC(CO)Cc1ccccn1)c1cc(-c2ccc(Cl)cc2)nn(-c2cccc(F)c2)c1=O. The Bertz CT molecular complexity index is 1360. The topological polar surface area (TPSA) is 97.1 Å². The van der Waals surface area contributed by atoms with Crippen LogP contribution in [-0.2, 0) is 6.42 Å². The highest BCUT2D eigenvalue weighted by Crippen LogP contribution is 2.20. The van der Waals surface area contributed by atoms with Gasteiger partial charge in [0.05, 0.1) is 24.0 Å². The first kappa shape index (κ1) is 23.3. The van der Waals surface area contributed by atoms with Crippen molar-refractivity contribution in [3.8, 4) is 16.9 Å². The van der Waals surface area contributed by atoms with Gasteiger partial charge in [-0.1, -0.05) is 35.9 Å². The van der Waals surface area contributed by atoms with Crippen LogP contribution in [0.4, 0.5) is 4.39 Å². The van der Waals surface area contributed by atoms with E-state index in [1.807, 2.05) is 0 Å². The van der Waals surface area contributed by atoms with Gasteiger partial charge in [-0.2, -0.15) is 9.78 Å². The van der Waals surface area contributed by atoms with E-state index < -0.39 is 23.3 Å². The van der Waals surface area contributed by atoms with Crippen molar-refractivity contribution >= 4 is 17.5 Å². The van der Waals surface area contributed by atoms with Crippen molar-refractivity contribution in [2.45, 2.75) is 12.5 Å². The van der Waals surface area contributed by atoms with Crippen molar-refractivity contribution in [1.29, 1.82) is 0 Å². The Labute approximate surface area is 199 Å². The molecule has 0 aliphatic heterocycles. The van der Waals surface area contributed by atoms with Crippen molar-refractivity contribution in [3.63, 3.8) is 0 Å². The normalized spacial score (nSPS) is 11.7. The molecular weight excluding hydrogens is 459 g/mol. The number of benzene rings is 2. The molecule has 0 aliphatic rings. The van der Waals surface area contributed by atoms with E-state index in [0.29, 0.717) is 22.0 Å². The van der Waals surface area contributed by atoms with Crippen molar-refractivity contribution in [1.82, 2.24) is 20.1 Å². The molecule has 2 heterocycles. The summed E-state index contributed by atoms with van der Waals surface area (Å²) in [5.74, 6) is -1.24. The smallest absolute Gasteiger partial charge is 0.284 e. The molecule has 0 fully saturated rings. The maximum absolute atomic E-state index is 13.9. The van der Waals surface area contributed by atoms with Gasteiger partial charge < -0.3 is 10.4 Å². The predicted molar refractivity (Wildman–Crippen MR) is 127 cm³/mol. The third-order valence-electron chi connectivity index (χ3n) is 5.09. The Morgan fingerprint density at radius 2 is 1.88 bits per heavy atom. The highest BCUT2D eigenvalue weighted by molar-refractivity contribution is 6.30. The van der Waals surface area contributed by atoms with E-state index in [2.05, 4.69) is 15.4 Å². The summed E-state index contributed by atoms with van der Waals surface area (Å²) in [6.45, 7) is -0.352. The van der Waals surface area contributed by atoms with Crippen LogP contribution in [0.25, 0.3) is 16.9 Å². The summed E-state index contributed by atoms with van der Waals surface area (Å²) in [6, 6.07) is 18.1. The third-order valence-corrected chi connectivity index (χ3v) is 5.34. The summed E-state index contributed by atoms with van der Waals surface area (Å²) in [5, 5.41) is 17.3. The summed E-state index contributed by atoms with van der Waals surface area (Å²) < 4.78 is 14.8. The number of nitrogens with zero attached hydrogens (tertiary/aromatic N) is 3. The standard InChI is InChI=1S/C25H20ClFN4O3/c26-17-9-7-16(8-10-17)23-14-22(25(34)31(30-23)21-6-3-4-18(27)12-21)24(33)29-20(15-32)13-19-5-1-2-11-28-19/h1-12,14,20,32H,13,15H2,(H,29,33). The minimum atomic E-state index is -0.727. The first-order valence-electron chi connectivity index (χ1n) is 10.4. The Morgan fingerprint density at radius 1 is 1.09 bits per heavy atom. The molecule has 1 unspecified atom stereocenters. The van der Waals surface area contributed by atoms with Crippen LogP contribution in [0.1, 0.15) is 16.1 Å². The fourth-order valence-electron chi connectivity index (χ4n) is 3.40. The highest BCUT2D eigenvalue weighted by Gasteiger charge is 2.21. The average molecular weight is 479 g/mol. The maximum atomic E-state index is 13.9. The van der Waals surface area contributed by atoms with Crippen molar-refractivity contribution in [2.24, 2.45) is 0 Å². The van der Waals surface area contributed by atoms with E-state index in [1.165, 1.54) is 24.3 Å². The molecule has 4 aromatic rings. The summed E-state index contributed by atoms with van der Waals surface area (Å²) in [7, 11) is 0. The molecule has 1 amide bonds. The molecule has 34 heavy (non-hydrogen) atoms. The van der Waals surface area contributed by atoms with Crippen LogP contribution in [0, 0.1) is 5.82 Å². The third kappa shape index (κ3) is 5.36.